The van der Waals surface area contributed by atoms with Crippen LogP contribution in [0.5, 0.6) is 0 Å². The lowest BCUT2D eigenvalue weighted by Gasteiger charge is -2.16. The first-order valence-corrected chi connectivity index (χ1v) is 8.29. The average Bonchev–Trinajstić information content (AvgIpc) is 3.18. The molecule has 2 aromatic rings. The predicted octanol–water partition coefficient (Wildman–Crippen LogP) is 1.68. The van der Waals surface area contributed by atoms with Crippen molar-refractivity contribution in [1.29, 1.82) is 0 Å². The van der Waals surface area contributed by atoms with Crippen LogP contribution in [0.15, 0.2) is 52.0 Å². The first-order chi connectivity index (χ1) is 10.1. The van der Waals surface area contributed by atoms with Crippen molar-refractivity contribution in [3.8, 4) is 0 Å². The van der Waals surface area contributed by atoms with Crippen LogP contribution < -0.4 is 0 Å². The Labute approximate surface area is 122 Å². The summed E-state index contributed by atoms with van der Waals surface area (Å²) in [5.74, 6) is -0.132. The Bertz CT molecular complexity index is 810. The van der Waals surface area contributed by atoms with E-state index in [2.05, 4.69) is 0 Å². The zero-order valence-electron chi connectivity index (χ0n) is 11.1. The van der Waals surface area contributed by atoms with E-state index in [1.165, 1.54) is 6.26 Å². The molecule has 0 unspecified atom stereocenters. The standard InChI is InChI=1S/C15H13NO4S/c17-15(12-5-3-7-20-12)16-8-11-10-4-1-2-6-13(10)21(18,19)14(11)9-16/h1-7,11,14H,8-9H2/t11-,14-/m0/s1. The molecule has 1 aromatic heterocycles. The van der Waals surface area contributed by atoms with Crippen LogP contribution in [0.4, 0.5) is 0 Å². The Morgan fingerprint density at radius 1 is 1.14 bits per heavy atom. The van der Waals surface area contributed by atoms with Crippen molar-refractivity contribution < 1.29 is 17.6 Å². The number of sulfone groups is 1. The van der Waals surface area contributed by atoms with E-state index in [9.17, 15) is 13.2 Å². The summed E-state index contributed by atoms with van der Waals surface area (Å²) in [5.41, 5.74) is 0.831. The number of fused-ring (bicyclic) bond motifs is 3. The van der Waals surface area contributed by atoms with E-state index >= 15 is 0 Å². The Morgan fingerprint density at radius 3 is 2.71 bits per heavy atom. The van der Waals surface area contributed by atoms with E-state index in [-0.39, 0.29) is 24.1 Å². The van der Waals surface area contributed by atoms with Gasteiger partial charge < -0.3 is 9.32 Å². The van der Waals surface area contributed by atoms with Gasteiger partial charge in [-0.15, -0.1) is 0 Å². The van der Waals surface area contributed by atoms with Gasteiger partial charge in [0.05, 0.1) is 16.4 Å². The van der Waals surface area contributed by atoms with Gasteiger partial charge in [-0.25, -0.2) is 8.42 Å². The van der Waals surface area contributed by atoms with Crippen LogP contribution in [0.3, 0.4) is 0 Å². The van der Waals surface area contributed by atoms with Crippen molar-refractivity contribution in [3.05, 3.63) is 54.0 Å². The number of benzene rings is 1. The van der Waals surface area contributed by atoms with E-state index in [1.54, 1.807) is 29.2 Å². The van der Waals surface area contributed by atoms with E-state index in [0.29, 0.717) is 11.4 Å². The molecule has 2 atom stereocenters. The first kappa shape index (κ1) is 12.6. The molecule has 4 rings (SSSR count). The van der Waals surface area contributed by atoms with E-state index < -0.39 is 15.1 Å². The highest BCUT2D eigenvalue weighted by atomic mass is 32.2. The van der Waals surface area contributed by atoms with Gasteiger partial charge in [-0.3, -0.25) is 4.79 Å². The van der Waals surface area contributed by atoms with Crippen molar-refractivity contribution in [3.63, 3.8) is 0 Å². The molecule has 0 saturated carbocycles. The third-order valence-corrected chi connectivity index (χ3v) is 6.57. The van der Waals surface area contributed by atoms with Crippen LogP contribution in [0, 0.1) is 0 Å². The largest absolute Gasteiger partial charge is 0.459 e. The van der Waals surface area contributed by atoms with Gasteiger partial charge in [0, 0.05) is 19.0 Å². The molecule has 0 N–H and O–H groups in total. The minimum Gasteiger partial charge on any atom is -0.459 e. The highest BCUT2D eigenvalue weighted by molar-refractivity contribution is 7.92. The van der Waals surface area contributed by atoms with E-state index in [4.69, 9.17) is 4.42 Å². The number of hydrogen-bond donors (Lipinski definition) is 0. The number of rotatable bonds is 1. The molecule has 3 heterocycles. The first-order valence-electron chi connectivity index (χ1n) is 6.74. The minimum absolute atomic E-state index is 0.134. The lowest BCUT2D eigenvalue weighted by atomic mass is 9.99. The van der Waals surface area contributed by atoms with Gasteiger partial charge in [0.25, 0.3) is 5.91 Å². The molecule has 1 amide bonds. The molecular formula is C15H13NO4S. The molecule has 0 radical (unpaired) electrons. The van der Waals surface area contributed by atoms with Crippen LogP contribution in [0.2, 0.25) is 0 Å². The van der Waals surface area contributed by atoms with E-state index in [0.717, 1.165) is 5.56 Å². The van der Waals surface area contributed by atoms with Crippen molar-refractivity contribution in [2.24, 2.45) is 0 Å². The molecule has 0 bridgehead atoms. The molecular weight excluding hydrogens is 290 g/mol. The Kier molecular flexibility index (Phi) is 2.53. The zero-order valence-corrected chi connectivity index (χ0v) is 11.9. The van der Waals surface area contributed by atoms with Crippen LogP contribution in [-0.4, -0.2) is 37.6 Å². The molecule has 5 nitrogen and oxygen atoms in total. The molecule has 108 valence electrons. The summed E-state index contributed by atoms with van der Waals surface area (Å²) in [7, 11) is -3.34. The molecule has 2 aliphatic rings. The van der Waals surface area contributed by atoms with Crippen LogP contribution in [-0.2, 0) is 9.84 Å². The quantitative estimate of drug-likeness (QED) is 0.804. The van der Waals surface area contributed by atoms with E-state index in [1.807, 2.05) is 12.1 Å². The highest BCUT2D eigenvalue weighted by Gasteiger charge is 2.51. The van der Waals surface area contributed by atoms with Crippen molar-refractivity contribution in [1.82, 2.24) is 4.90 Å². The highest BCUT2D eigenvalue weighted by Crippen LogP contribution is 2.44. The zero-order chi connectivity index (χ0) is 14.6. The molecule has 0 spiro atoms. The molecule has 2 aliphatic heterocycles. The van der Waals surface area contributed by atoms with Gasteiger partial charge in [-0.1, -0.05) is 18.2 Å². The average molecular weight is 303 g/mol. The molecule has 1 saturated heterocycles. The number of hydrogen-bond acceptors (Lipinski definition) is 4. The van der Waals surface area contributed by atoms with Crippen LogP contribution in [0.25, 0.3) is 0 Å². The third-order valence-electron chi connectivity index (χ3n) is 4.31. The van der Waals surface area contributed by atoms with Gasteiger partial charge in [0.15, 0.2) is 15.6 Å². The summed E-state index contributed by atoms with van der Waals surface area (Å²) in [6, 6.07) is 10.3. The summed E-state index contributed by atoms with van der Waals surface area (Å²) in [5, 5.41) is -0.534. The number of furan rings is 1. The second kappa shape index (κ2) is 4.21. The fourth-order valence-corrected chi connectivity index (χ4v) is 5.50. The Balaban J connectivity index is 1.70. The topological polar surface area (TPSA) is 67.6 Å². The second-order valence-electron chi connectivity index (χ2n) is 5.42. The Hall–Kier alpha value is -2.08. The number of nitrogens with zero attached hydrogens (tertiary/aromatic N) is 1. The lowest BCUT2D eigenvalue weighted by molar-refractivity contribution is 0.0759. The molecule has 0 aliphatic carbocycles. The third kappa shape index (κ3) is 1.68. The van der Waals surface area contributed by atoms with Gasteiger partial charge in [0.2, 0.25) is 0 Å². The summed E-state index contributed by atoms with van der Waals surface area (Å²) < 4.78 is 30.2. The van der Waals surface area contributed by atoms with Crippen molar-refractivity contribution in [2.75, 3.05) is 13.1 Å². The Morgan fingerprint density at radius 2 is 1.95 bits per heavy atom. The maximum absolute atomic E-state index is 12.6. The minimum atomic E-state index is -3.34. The molecule has 6 heteroatoms. The SMILES string of the molecule is O=C(c1ccco1)N1C[C@H]2c3ccccc3S(=O)(=O)[C@H]2C1. The number of carbonyl (C=O) groups is 1. The molecule has 1 aromatic carbocycles. The number of likely N-dealkylation sites (tertiary alicyclic amines) is 1. The molecule has 1 fully saturated rings. The fraction of sp³-hybridized carbons (Fsp3) is 0.267. The van der Waals surface area contributed by atoms with Crippen LogP contribution >= 0.6 is 0 Å². The lowest BCUT2D eigenvalue weighted by Crippen LogP contribution is -2.31. The van der Waals surface area contributed by atoms with Gasteiger partial charge in [0.1, 0.15) is 0 Å². The van der Waals surface area contributed by atoms with Crippen molar-refractivity contribution >= 4 is 15.7 Å². The maximum atomic E-state index is 12.6. The van der Waals surface area contributed by atoms with Crippen molar-refractivity contribution in [2.45, 2.75) is 16.1 Å². The second-order valence-corrected chi connectivity index (χ2v) is 7.55. The fourth-order valence-electron chi connectivity index (χ4n) is 3.32. The van der Waals surface area contributed by atoms with Gasteiger partial charge in [-0.05, 0) is 23.8 Å². The van der Waals surface area contributed by atoms with Gasteiger partial charge in [-0.2, -0.15) is 0 Å². The molecule has 21 heavy (non-hydrogen) atoms. The summed E-state index contributed by atoms with van der Waals surface area (Å²) >= 11 is 0. The summed E-state index contributed by atoms with van der Waals surface area (Å²) in [6.07, 6.45) is 1.44. The summed E-state index contributed by atoms with van der Waals surface area (Å²) in [6.45, 7) is 0.641. The number of amides is 1. The van der Waals surface area contributed by atoms with Crippen LogP contribution in [0.1, 0.15) is 22.0 Å². The monoisotopic (exact) mass is 303 g/mol. The smallest absolute Gasteiger partial charge is 0.289 e. The summed E-state index contributed by atoms with van der Waals surface area (Å²) in [4.78, 5) is 14.3. The maximum Gasteiger partial charge on any atom is 0.289 e. The predicted molar refractivity (Wildman–Crippen MR) is 74.8 cm³/mol. The van der Waals surface area contributed by atoms with Gasteiger partial charge >= 0.3 is 0 Å². The normalized spacial score (nSPS) is 25.6. The number of carbonyl (C=O) groups excluding carboxylic acids is 1.